The molecular formula is C21H37IN4O4S. The van der Waals surface area contributed by atoms with E-state index in [-0.39, 0.29) is 42.4 Å². The Kier molecular flexibility index (Phi) is 12.7. The van der Waals surface area contributed by atoms with E-state index in [2.05, 4.69) is 27.3 Å². The summed E-state index contributed by atoms with van der Waals surface area (Å²) < 4.78 is 37.5. The van der Waals surface area contributed by atoms with Gasteiger partial charge in [-0.15, -0.1) is 24.0 Å². The topological polar surface area (TPSA) is 83.5 Å². The summed E-state index contributed by atoms with van der Waals surface area (Å²) in [4.78, 5) is 6.47. The van der Waals surface area contributed by atoms with Gasteiger partial charge in [0.2, 0.25) is 10.0 Å². The van der Waals surface area contributed by atoms with Crippen molar-refractivity contribution in [2.45, 2.75) is 33.3 Å². The number of hydrogen-bond acceptors (Lipinski definition) is 5. The van der Waals surface area contributed by atoms with Gasteiger partial charge in [0.15, 0.2) is 5.96 Å². The van der Waals surface area contributed by atoms with E-state index in [1.165, 1.54) is 5.56 Å². The van der Waals surface area contributed by atoms with Crippen molar-refractivity contribution in [3.63, 3.8) is 0 Å². The minimum atomic E-state index is -3.29. The maximum absolute atomic E-state index is 12.5. The summed E-state index contributed by atoms with van der Waals surface area (Å²) in [6.45, 7) is 9.56. The van der Waals surface area contributed by atoms with Gasteiger partial charge in [-0.2, -0.15) is 4.31 Å². The Labute approximate surface area is 204 Å². The van der Waals surface area contributed by atoms with Crippen molar-refractivity contribution < 1.29 is 17.9 Å². The lowest BCUT2D eigenvalue weighted by Gasteiger charge is -2.35. The van der Waals surface area contributed by atoms with Crippen molar-refractivity contribution in [2.75, 3.05) is 58.7 Å². The van der Waals surface area contributed by atoms with Crippen molar-refractivity contribution in [3.05, 3.63) is 29.8 Å². The van der Waals surface area contributed by atoms with Crippen LogP contribution in [0.4, 0.5) is 0 Å². The highest BCUT2D eigenvalue weighted by atomic mass is 127. The van der Waals surface area contributed by atoms with Crippen molar-refractivity contribution in [3.8, 4) is 5.75 Å². The Morgan fingerprint density at radius 3 is 2.55 bits per heavy atom. The van der Waals surface area contributed by atoms with E-state index < -0.39 is 10.0 Å². The normalized spacial score (nSPS) is 15.6. The molecule has 0 unspecified atom stereocenters. The van der Waals surface area contributed by atoms with E-state index in [1.807, 2.05) is 32.9 Å². The number of nitrogens with one attached hydrogen (secondary N) is 1. The molecular weight excluding hydrogens is 531 g/mol. The Morgan fingerprint density at radius 1 is 1.23 bits per heavy atom. The van der Waals surface area contributed by atoms with Crippen LogP contribution in [0, 0.1) is 0 Å². The van der Waals surface area contributed by atoms with Crippen LogP contribution in [-0.2, 0) is 21.2 Å². The fraction of sp³-hybridized carbons (Fsp3) is 0.667. The number of nitrogens with zero attached hydrogens (tertiary/aromatic N) is 3. The lowest BCUT2D eigenvalue weighted by Crippen LogP contribution is -2.54. The molecule has 0 aromatic heterocycles. The minimum Gasteiger partial charge on any atom is -0.494 e. The molecule has 0 atom stereocenters. The lowest BCUT2D eigenvalue weighted by molar-refractivity contribution is 0.0904. The van der Waals surface area contributed by atoms with E-state index in [9.17, 15) is 8.42 Å². The van der Waals surface area contributed by atoms with E-state index >= 15 is 0 Å². The minimum absolute atomic E-state index is 0. The monoisotopic (exact) mass is 568 g/mol. The fourth-order valence-corrected chi connectivity index (χ4v) is 4.59. The van der Waals surface area contributed by atoms with Crippen molar-refractivity contribution in [1.82, 2.24) is 14.5 Å². The second-order valence-corrected chi connectivity index (χ2v) is 9.51. The van der Waals surface area contributed by atoms with Crippen LogP contribution in [0.15, 0.2) is 29.3 Å². The molecule has 31 heavy (non-hydrogen) atoms. The van der Waals surface area contributed by atoms with Crippen molar-refractivity contribution >= 4 is 40.0 Å². The third kappa shape index (κ3) is 9.50. The summed E-state index contributed by atoms with van der Waals surface area (Å²) in [6.07, 6.45) is 0.887. The van der Waals surface area contributed by atoms with Gasteiger partial charge in [-0.05, 0) is 44.9 Å². The van der Waals surface area contributed by atoms with Crippen LogP contribution < -0.4 is 10.1 Å². The first kappa shape index (κ1) is 27.9. The highest BCUT2D eigenvalue weighted by molar-refractivity contribution is 14.0. The van der Waals surface area contributed by atoms with Gasteiger partial charge in [-0.3, -0.25) is 4.99 Å². The SMILES string of the molecule is CCOc1cccc(CCNC(=NC)N2CCN(S(=O)(=O)CCOC(C)C)CC2)c1.I. The molecule has 0 radical (unpaired) electrons. The fourth-order valence-electron chi connectivity index (χ4n) is 3.30. The summed E-state index contributed by atoms with van der Waals surface area (Å²) in [7, 11) is -1.53. The smallest absolute Gasteiger partial charge is 0.216 e. The summed E-state index contributed by atoms with van der Waals surface area (Å²) in [5.41, 5.74) is 1.20. The number of halogens is 1. The number of aliphatic imine (C=N–C) groups is 1. The van der Waals surface area contributed by atoms with Gasteiger partial charge < -0.3 is 19.7 Å². The molecule has 178 valence electrons. The van der Waals surface area contributed by atoms with Gasteiger partial charge in [0.05, 0.1) is 25.1 Å². The van der Waals surface area contributed by atoms with E-state index in [4.69, 9.17) is 9.47 Å². The summed E-state index contributed by atoms with van der Waals surface area (Å²) in [5, 5.41) is 3.39. The number of hydrogen-bond donors (Lipinski definition) is 1. The molecule has 0 amide bonds. The number of rotatable bonds is 10. The van der Waals surface area contributed by atoms with Crippen LogP contribution in [0.3, 0.4) is 0 Å². The molecule has 2 rings (SSSR count). The van der Waals surface area contributed by atoms with Crippen LogP contribution in [0.25, 0.3) is 0 Å². The Hall–Kier alpha value is -1.11. The van der Waals surface area contributed by atoms with Crippen molar-refractivity contribution in [1.29, 1.82) is 0 Å². The molecule has 10 heteroatoms. The molecule has 1 aliphatic heterocycles. The summed E-state index contributed by atoms with van der Waals surface area (Å²) in [5.74, 6) is 1.71. The Bertz CT molecular complexity index is 781. The second kappa shape index (κ2) is 14.1. The number of piperazine rings is 1. The molecule has 0 bridgehead atoms. The average molecular weight is 569 g/mol. The van der Waals surface area contributed by atoms with Crippen LogP contribution in [-0.4, -0.2) is 88.4 Å². The number of ether oxygens (including phenoxy) is 2. The molecule has 0 spiro atoms. The predicted molar refractivity (Wildman–Crippen MR) is 136 cm³/mol. The number of sulfonamides is 1. The molecule has 0 aliphatic carbocycles. The first-order chi connectivity index (χ1) is 14.4. The average Bonchev–Trinajstić information content (AvgIpc) is 2.71. The Balaban J connectivity index is 0.00000480. The third-order valence-corrected chi connectivity index (χ3v) is 6.68. The molecule has 8 nitrogen and oxygen atoms in total. The lowest BCUT2D eigenvalue weighted by atomic mass is 10.1. The zero-order valence-electron chi connectivity index (χ0n) is 19.0. The predicted octanol–water partition coefficient (Wildman–Crippen LogP) is 2.19. The van der Waals surface area contributed by atoms with Gasteiger partial charge in [0, 0.05) is 39.8 Å². The molecule has 1 aliphatic rings. The first-order valence-corrected chi connectivity index (χ1v) is 12.2. The molecule has 1 fully saturated rings. The largest absolute Gasteiger partial charge is 0.494 e. The highest BCUT2D eigenvalue weighted by Gasteiger charge is 2.27. The van der Waals surface area contributed by atoms with E-state index in [0.717, 1.165) is 24.7 Å². The third-order valence-electron chi connectivity index (χ3n) is 4.84. The standard InChI is InChI=1S/C21H36N4O4S.HI/c1-5-28-20-8-6-7-19(17-20)9-10-23-21(22-4)24-11-13-25(14-12-24)30(26,27)16-15-29-18(2)3;/h6-8,17-18H,5,9-16H2,1-4H3,(H,22,23);1H. The second-order valence-electron chi connectivity index (χ2n) is 7.43. The highest BCUT2D eigenvalue weighted by Crippen LogP contribution is 2.13. The molecule has 1 aromatic rings. The van der Waals surface area contributed by atoms with Gasteiger partial charge in [-0.25, -0.2) is 8.42 Å². The molecule has 1 N–H and O–H groups in total. The van der Waals surface area contributed by atoms with E-state index in [0.29, 0.717) is 32.8 Å². The maximum Gasteiger partial charge on any atom is 0.216 e. The van der Waals surface area contributed by atoms with Gasteiger partial charge >= 0.3 is 0 Å². The van der Waals surface area contributed by atoms with Crippen molar-refractivity contribution in [2.24, 2.45) is 4.99 Å². The number of guanidine groups is 1. The molecule has 1 heterocycles. The molecule has 0 saturated carbocycles. The van der Waals surface area contributed by atoms with Gasteiger partial charge in [0.25, 0.3) is 0 Å². The van der Waals surface area contributed by atoms with Crippen LogP contribution in [0.2, 0.25) is 0 Å². The number of benzene rings is 1. The summed E-state index contributed by atoms with van der Waals surface area (Å²) >= 11 is 0. The van der Waals surface area contributed by atoms with Gasteiger partial charge in [-0.1, -0.05) is 12.1 Å². The zero-order valence-corrected chi connectivity index (χ0v) is 22.2. The van der Waals surface area contributed by atoms with Crippen LogP contribution in [0.1, 0.15) is 26.3 Å². The van der Waals surface area contributed by atoms with Crippen LogP contribution in [0.5, 0.6) is 5.75 Å². The molecule has 1 saturated heterocycles. The molecule has 1 aromatic carbocycles. The van der Waals surface area contributed by atoms with E-state index in [1.54, 1.807) is 11.4 Å². The summed E-state index contributed by atoms with van der Waals surface area (Å²) in [6, 6.07) is 8.10. The maximum atomic E-state index is 12.5. The first-order valence-electron chi connectivity index (χ1n) is 10.6. The quantitative estimate of drug-likeness (QED) is 0.265. The van der Waals surface area contributed by atoms with Gasteiger partial charge in [0.1, 0.15) is 5.75 Å². The van der Waals surface area contributed by atoms with Crippen LogP contribution >= 0.6 is 24.0 Å². The Morgan fingerprint density at radius 2 is 1.94 bits per heavy atom. The zero-order chi connectivity index (χ0) is 22.0.